The van der Waals surface area contributed by atoms with Gasteiger partial charge in [-0.15, -0.1) is 11.3 Å². The molecular weight excluding hydrogens is 428 g/mol. The summed E-state index contributed by atoms with van der Waals surface area (Å²) in [4.78, 5) is 27.9. The molecule has 1 aliphatic rings. The first-order valence-electron chi connectivity index (χ1n) is 10.8. The maximum atomic E-state index is 12.8. The fraction of sp³-hybridized carbons (Fsp3) is 0.360. The Bertz CT molecular complexity index is 1140. The van der Waals surface area contributed by atoms with E-state index in [9.17, 15) is 9.59 Å². The molecule has 0 spiro atoms. The number of amides is 1. The lowest BCUT2D eigenvalue weighted by molar-refractivity contribution is 0.0724. The van der Waals surface area contributed by atoms with Crippen molar-refractivity contribution in [1.29, 1.82) is 0 Å². The summed E-state index contributed by atoms with van der Waals surface area (Å²) in [5.74, 6) is 0.461. The van der Waals surface area contributed by atoms with Crippen LogP contribution in [-0.2, 0) is 6.54 Å². The van der Waals surface area contributed by atoms with Gasteiger partial charge in [0, 0.05) is 58.5 Å². The van der Waals surface area contributed by atoms with E-state index in [1.807, 2.05) is 29.3 Å². The average Bonchev–Trinajstić information content (AvgIpc) is 3.25. The SMILES string of the molecule is CC(C)Cn1cc(-c2cc(-c3ccc(C(=O)N4CCCCC4)cc3Cl)cs2)ccc1=O. The van der Waals surface area contributed by atoms with Gasteiger partial charge >= 0.3 is 0 Å². The predicted octanol–water partition coefficient (Wildman–Crippen LogP) is 6.18. The smallest absolute Gasteiger partial charge is 0.253 e. The Morgan fingerprint density at radius 1 is 1.06 bits per heavy atom. The Morgan fingerprint density at radius 2 is 1.84 bits per heavy atom. The van der Waals surface area contributed by atoms with Crippen molar-refractivity contribution < 1.29 is 4.79 Å². The van der Waals surface area contributed by atoms with Gasteiger partial charge < -0.3 is 9.47 Å². The van der Waals surface area contributed by atoms with Crippen molar-refractivity contribution in [2.45, 2.75) is 39.7 Å². The second-order valence-corrected chi connectivity index (χ2v) is 9.87. The third kappa shape index (κ3) is 4.94. The summed E-state index contributed by atoms with van der Waals surface area (Å²) in [6.45, 7) is 6.55. The van der Waals surface area contributed by atoms with Crippen molar-refractivity contribution in [3.8, 4) is 21.6 Å². The van der Waals surface area contributed by atoms with Gasteiger partial charge in [-0.05, 0) is 60.4 Å². The molecule has 2 aromatic heterocycles. The van der Waals surface area contributed by atoms with Crippen molar-refractivity contribution in [3.63, 3.8) is 0 Å². The number of piperidine rings is 1. The van der Waals surface area contributed by atoms with Crippen molar-refractivity contribution in [1.82, 2.24) is 9.47 Å². The zero-order chi connectivity index (χ0) is 22.0. The van der Waals surface area contributed by atoms with E-state index in [2.05, 4.69) is 25.3 Å². The van der Waals surface area contributed by atoms with Crippen LogP contribution in [0.2, 0.25) is 5.02 Å². The number of aromatic nitrogens is 1. The molecular formula is C25H27ClN2O2S. The van der Waals surface area contributed by atoms with E-state index < -0.39 is 0 Å². The Labute approximate surface area is 192 Å². The van der Waals surface area contributed by atoms with Gasteiger partial charge in [0.05, 0.1) is 0 Å². The second-order valence-electron chi connectivity index (χ2n) is 8.55. The molecule has 1 fully saturated rings. The minimum Gasteiger partial charge on any atom is -0.339 e. The zero-order valence-corrected chi connectivity index (χ0v) is 19.5. The Balaban J connectivity index is 1.58. The fourth-order valence-electron chi connectivity index (χ4n) is 4.00. The standard InChI is InChI=1S/C25H27ClN2O2S/c1-17(2)14-28-15-19(7-9-24(28)29)23-13-20(16-31-23)21-8-6-18(12-22(21)26)25(30)27-10-4-3-5-11-27/h6-9,12-13,15-17H,3-5,10-11,14H2,1-2H3. The lowest BCUT2D eigenvalue weighted by Gasteiger charge is -2.26. The predicted molar refractivity (Wildman–Crippen MR) is 129 cm³/mol. The van der Waals surface area contributed by atoms with Gasteiger partial charge in [0.15, 0.2) is 0 Å². The highest BCUT2D eigenvalue weighted by molar-refractivity contribution is 7.14. The maximum absolute atomic E-state index is 12.8. The molecule has 0 unspecified atom stereocenters. The van der Waals surface area contributed by atoms with Crippen LogP contribution in [0.5, 0.6) is 0 Å². The van der Waals surface area contributed by atoms with E-state index in [-0.39, 0.29) is 11.5 Å². The van der Waals surface area contributed by atoms with Crippen molar-refractivity contribution in [2.24, 2.45) is 5.92 Å². The third-order valence-electron chi connectivity index (χ3n) is 5.60. The van der Waals surface area contributed by atoms with E-state index in [1.165, 1.54) is 6.42 Å². The molecule has 0 bridgehead atoms. The molecule has 0 saturated carbocycles. The summed E-state index contributed by atoms with van der Waals surface area (Å²) in [5, 5.41) is 2.65. The number of benzene rings is 1. The fourth-order valence-corrected chi connectivity index (χ4v) is 5.19. The molecule has 0 radical (unpaired) electrons. The largest absolute Gasteiger partial charge is 0.339 e. The maximum Gasteiger partial charge on any atom is 0.253 e. The normalized spacial score (nSPS) is 14.3. The van der Waals surface area contributed by atoms with Gasteiger partial charge in [-0.25, -0.2) is 0 Å². The molecule has 162 valence electrons. The highest BCUT2D eigenvalue weighted by Gasteiger charge is 2.19. The lowest BCUT2D eigenvalue weighted by Crippen LogP contribution is -2.35. The van der Waals surface area contributed by atoms with Gasteiger partial charge in [0.25, 0.3) is 11.5 Å². The lowest BCUT2D eigenvalue weighted by atomic mass is 10.0. The van der Waals surface area contributed by atoms with Crippen LogP contribution in [0.25, 0.3) is 21.6 Å². The Morgan fingerprint density at radius 3 is 2.55 bits per heavy atom. The zero-order valence-electron chi connectivity index (χ0n) is 17.9. The molecule has 0 aliphatic carbocycles. The molecule has 3 aromatic rings. The summed E-state index contributed by atoms with van der Waals surface area (Å²) in [6, 6.07) is 11.2. The van der Waals surface area contributed by atoms with E-state index in [0.29, 0.717) is 23.0 Å². The second kappa shape index (κ2) is 9.41. The topological polar surface area (TPSA) is 42.3 Å². The molecule has 0 atom stereocenters. The van der Waals surface area contributed by atoms with Crippen molar-refractivity contribution >= 4 is 28.8 Å². The van der Waals surface area contributed by atoms with Crippen LogP contribution in [0, 0.1) is 5.92 Å². The number of thiophene rings is 1. The van der Waals surface area contributed by atoms with E-state index in [0.717, 1.165) is 47.5 Å². The van der Waals surface area contributed by atoms with Gasteiger partial charge in [0.2, 0.25) is 0 Å². The first kappa shape index (κ1) is 21.8. The van der Waals surface area contributed by atoms with Gasteiger partial charge in [-0.2, -0.15) is 0 Å². The first-order valence-corrected chi connectivity index (χ1v) is 12.1. The van der Waals surface area contributed by atoms with Gasteiger partial charge in [0.1, 0.15) is 0 Å². The highest BCUT2D eigenvalue weighted by Crippen LogP contribution is 2.36. The van der Waals surface area contributed by atoms with Crippen molar-refractivity contribution in [2.75, 3.05) is 13.1 Å². The van der Waals surface area contributed by atoms with Crippen LogP contribution in [0.1, 0.15) is 43.5 Å². The summed E-state index contributed by atoms with van der Waals surface area (Å²) < 4.78 is 1.77. The van der Waals surface area contributed by atoms with Crippen molar-refractivity contribution in [3.05, 3.63) is 68.9 Å². The molecule has 1 aliphatic heterocycles. The minimum absolute atomic E-state index is 0.0197. The monoisotopic (exact) mass is 454 g/mol. The highest BCUT2D eigenvalue weighted by atomic mass is 35.5. The number of rotatable bonds is 5. The average molecular weight is 455 g/mol. The molecule has 4 rings (SSSR count). The van der Waals surface area contributed by atoms with Crippen LogP contribution >= 0.6 is 22.9 Å². The molecule has 4 nitrogen and oxygen atoms in total. The molecule has 31 heavy (non-hydrogen) atoms. The van der Waals surface area contributed by atoms with Crippen LogP contribution in [0.15, 0.2) is 52.8 Å². The van der Waals surface area contributed by atoms with Gasteiger partial charge in [-0.1, -0.05) is 31.5 Å². The minimum atomic E-state index is 0.0197. The van der Waals surface area contributed by atoms with E-state index in [1.54, 1.807) is 28.0 Å². The van der Waals surface area contributed by atoms with Crippen LogP contribution in [0.4, 0.5) is 0 Å². The van der Waals surface area contributed by atoms with E-state index >= 15 is 0 Å². The third-order valence-corrected chi connectivity index (χ3v) is 6.89. The molecule has 1 amide bonds. The quantitative estimate of drug-likeness (QED) is 0.462. The summed E-state index contributed by atoms with van der Waals surface area (Å²) in [7, 11) is 0. The summed E-state index contributed by atoms with van der Waals surface area (Å²) in [6.07, 6.45) is 5.26. The van der Waals surface area contributed by atoms with Gasteiger partial charge in [-0.3, -0.25) is 9.59 Å². The molecule has 1 saturated heterocycles. The number of pyridine rings is 1. The first-order chi connectivity index (χ1) is 14.9. The molecule has 3 heterocycles. The number of carbonyl (C=O) groups excluding carboxylic acids is 1. The summed E-state index contributed by atoms with van der Waals surface area (Å²) in [5.41, 5.74) is 3.61. The van der Waals surface area contributed by atoms with Crippen LogP contribution < -0.4 is 5.56 Å². The number of carbonyl (C=O) groups is 1. The molecule has 1 aromatic carbocycles. The summed E-state index contributed by atoms with van der Waals surface area (Å²) >= 11 is 8.22. The number of nitrogens with zero attached hydrogens (tertiary/aromatic N) is 2. The number of hydrogen-bond donors (Lipinski definition) is 0. The van der Waals surface area contributed by atoms with Crippen LogP contribution in [-0.4, -0.2) is 28.5 Å². The number of hydrogen-bond acceptors (Lipinski definition) is 3. The molecule has 0 N–H and O–H groups in total. The molecule has 6 heteroatoms. The number of halogens is 1. The Kier molecular flexibility index (Phi) is 6.63. The Hall–Kier alpha value is -2.37. The van der Waals surface area contributed by atoms with E-state index in [4.69, 9.17) is 11.6 Å². The number of likely N-dealkylation sites (tertiary alicyclic amines) is 1. The van der Waals surface area contributed by atoms with Crippen LogP contribution in [0.3, 0.4) is 0 Å².